The van der Waals surface area contributed by atoms with Crippen molar-refractivity contribution in [2.75, 3.05) is 40.4 Å². The van der Waals surface area contributed by atoms with E-state index in [4.69, 9.17) is 21.1 Å². The largest absolute Gasteiger partial charge is 0.493 e. The van der Waals surface area contributed by atoms with Crippen LogP contribution >= 0.6 is 11.6 Å². The van der Waals surface area contributed by atoms with E-state index < -0.39 is 11.7 Å². The van der Waals surface area contributed by atoms with Crippen molar-refractivity contribution in [3.63, 3.8) is 0 Å². The summed E-state index contributed by atoms with van der Waals surface area (Å²) >= 11 is 5.99. The van der Waals surface area contributed by atoms with E-state index in [-0.39, 0.29) is 16.5 Å². The topological polar surface area (TPSA) is 59.1 Å². The highest BCUT2D eigenvalue weighted by Crippen LogP contribution is 2.28. The van der Waals surface area contributed by atoms with Gasteiger partial charge in [-0.15, -0.1) is 0 Å². The van der Waals surface area contributed by atoms with Gasteiger partial charge in [0.2, 0.25) is 5.91 Å². The summed E-state index contributed by atoms with van der Waals surface area (Å²) in [6.45, 7) is 1.49. The Labute approximate surface area is 180 Å². The van der Waals surface area contributed by atoms with Gasteiger partial charge in [0.15, 0.2) is 11.5 Å². The first-order chi connectivity index (χ1) is 14.4. The molecule has 2 amide bonds. The average molecular weight is 435 g/mol. The molecule has 6 nitrogen and oxygen atoms in total. The Morgan fingerprint density at radius 2 is 1.67 bits per heavy atom. The molecule has 2 aromatic carbocycles. The van der Waals surface area contributed by atoms with Crippen molar-refractivity contribution in [3.05, 3.63) is 58.4 Å². The second-order valence-electron chi connectivity index (χ2n) is 6.96. The van der Waals surface area contributed by atoms with Crippen molar-refractivity contribution in [1.29, 1.82) is 0 Å². The molecule has 1 fully saturated rings. The van der Waals surface area contributed by atoms with Gasteiger partial charge in [0.25, 0.3) is 5.91 Å². The highest BCUT2D eigenvalue weighted by Gasteiger charge is 2.27. The lowest BCUT2D eigenvalue weighted by molar-refractivity contribution is -0.132. The molecule has 0 aliphatic carbocycles. The molecule has 0 aromatic heterocycles. The summed E-state index contributed by atoms with van der Waals surface area (Å²) in [5, 5.41) is 0.0911. The SMILES string of the molecule is COc1ccc(CCC(=O)N2CCN(C(=O)c3c(F)cccc3Cl)CC2)cc1OC. The van der Waals surface area contributed by atoms with E-state index in [2.05, 4.69) is 0 Å². The van der Waals surface area contributed by atoms with Crippen molar-refractivity contribution in [1.82, 2.24) is 9.80 Å². The summed E-state index contributed by atoms with van der Waals surface area (Å²) in [6, 6.07) is 9.75. The summed E-state index contributed by atoms with van der Waals surface area (Å²) in [5.41, 5.74) is 0.858. The minimum atomic E-state index is -0.638. The molecule has 1 aliphatic heterocycles. The van der Waals surface area contributed by atoms with Crippen LogP contribution in [0, 0.1) is 5.82 Å². The van der Waals surface area contributed by atoms with Gasteiger partial charge in [-0.05, 0) is 36.2 Å². The van der Waals surface area contributed by atoms with Crippen LogP contribution in [0.15, 0.2) is 36.4 Å². The Hall–Kier alpha value is -2.80. The van der Waals surface area contributed by atoms with Gasteiger partial charge in [0.1, 0.15) is 5.82 Å². The molecule has 30 heavy (non-hydrogen) atoms. The molecule has 1 saturated heterocycles. The molecule has 0 unspecified atom stereocenters. The normalized spacial score (nSPS) is 13.9. The Bertz CT molecular complexity index is 909. The fourth-order valence-corrected chi connectivity index (χ4v) is 3.71. The van der Waals surface area contributed by atoms with Gasteiger partial charge in [0, 0.05) is 32.6 Å². The van der Waals surface area contributed by atoms with Crippen LogP contribution in [-0.2, 0) is 11.2 Å². The highest BCUT2D eigenvalue weighted by molar-refractivity contribution is 6.33. The molecule has 0 radical (unpaired) electrons. The first kappa shape index (κ1) is 21.9. The zero-order chi connectivity index (χ0) is 21.7. The summed E-state index contributed by atoms with van der Waals surface area (Å²) < 4.78 is 24.5. The minimum absolute atomic E-state index is 0.0146. The van der Waals surface area contributed by atoms with Crippen LogP contribution in [0.25, 0.3) is 0 Å². The maximum absolute atomic E-state index is 14.0. The molecule has 160 valence electrons. The smallest absolute Gasteiger partial charge is 0.258 e. The maximum Gasteiger partial charge on any atom is 0.258 e. The van der Waals surface area contributed by atoms with E-state index in [1.165, 1.54) is 23.1 Å². The Kier molecular flexibility index (Phi) is 7.15. The van der Waals surface area contributed by atoms with Gasteiger partial charge in [-0.1, -0.05) is 23.7 Å². The number of carbonyl (C=O) groups is 2. The van der Waals surface area contributed by atoms with Crippen molar-refractivity contribution in [2.24, 2.45) is 0 Å². The van der Waals surface area contributed by atoms with Crippen LogP contribution in [-0.4, -0.2) is 62.0 Å². The van der Waals surface area contributed by atoms with E-state index in [0.717, 1.165) is 5.56 Å². The number of ether oxygens (including phenoxy) is 2. The second kappa shape index (κ2) is 9.80. The van der Waals surface area contributed by atoms with E-state index in [0.29, 0.717) is 50.5 Å². The van der Waals surface area contributed by atoms with Crippen molar-refractivity contribution < 1.29 is 23.5 Å². The first-order valence-corrected chi connectivity index (χ1v) is 10.0. The standard InChI is InChI=1S/C22H24ClFN2O4/c1-29-18-8-6-15(14-19(18)30-2)7-9-20(27)25-10-12-26(13-11-25)22(28)21-16(23)4-3-5-17(21)24/h3-6,8,14H,7,9-13H2,1-2H3. The lowest BCUT2D eigenvalue weighted by Gasteiger charge is -2.35. The molecule has 3 rings (SSSR count). The molecular formula is C22H24ClFN2O4. The Morgan fingerprint density at radius 3 is 2.30 bits per heavy atom. The molecule has 1 aliphatic rings. The molecule has 0 atom stereocenters. The summed E-state index contributed by atoms with van der Waals surface area (Å²) in [4.78, 5) is 28.5. The van der Waals surface area contributed by atoms with Crippen molar-refractivity contribution in [2.45, 2.75) is 12.8 Å². The number of hydrogen-bond donors (Lipinski definition) is 0. The van der Waals surface area contributed by atoms with Gasteiger partial charge >= 0.3 is 0 Å². The number of methoxy groups -OCH3 is 2. The number of hydrogen-bond acceptors (Lipinski definition) is 4. The van der Waals surface area contributed by atoms with E-state index >= 15 is 0 Å². The van der Waals surface area contributed by atoms with Crippen molar-refractivity contribution >= 4 is 23.4 Å². The summed E-state index contributed by atoms with van der Waals surface area (Å²) in [7, 11) is 3.15. The number of nitrogens with zero attached hydrogens (tertiary/aromatic N) is 2. The third-order valence-corrected chi connectivity index (χ3v) is 5.49. The maximum atomic E-state index is 14.0. The van der Waals surface area contributed by atoms with Crippen LogP contribution in [0.4, 0.5) is 4.39 Å². The molecule has 0 bridgehead atoms. The van der Waals surface area contributed by atoms with Gasteiger partial charge in [-0.25, -0.2) is 4.39 Å². The van der Waals surface area contributed by atoms with Crippen LogP contribution in [0.5, 0.6) is 11.5 Å². The third kappa shape index (κ3) is 4.84. The lowest BCUT2D eigenvalue weighted by Crippen LogP contribution is -2.50. The summed E-state index contributed by atoms with van der Waals surface area (Å²) in [6.07, 6.45) is 0.922. The number of halogens is 2. The van der Waals surface area contributed by atoms with Gasteiger partial charge in [0.05, 0.1) is 24.8 Å². The van der Waals surface area contributed by atoms with E-state index in [9.17, 15) is 14.0 Å². The van der Waals surface area contributed by atoms with E-state index in [1.807, 2.05) is 18.2 Å². The zero-order valence-corrected chi connectivity index (χ0v) is 17.7. The molecule has 2 aromatic rings. The predicted molar refractivity (Wildman–Crippen MR) is 112 cm³/mol. The molecule has 0 spiro atoms. The first-order valence-electron chi connectivity index (χ1n) is 9.66. The Balaban J connectivity index is 1.54. The van der Waals surface area contributed by atoms with Gasteiger partial charge in [-0.2, -0.15) is 0 Å². The van der Waals surface area contributed by atoms with Crippen LogP contribution in [0.3, 0.4) is 0 Å². The third-order valence-electron chi connectivity index (χ3n) is 5.17. The monoisotopic (exact) mass is 434 g/mol. The van der Waals surface area contributed by atoms with Crippen LogP contribution in [0.1, 0.15) is 22.3 Å². The van der Waals surface area contributed by atoms with Crippen LogP contribution < -0.4 is 9.47 Å². The number of benzene rings is 2. The quantitative estimate of drug-likeness (QED) is 0.699. The fourth-order valence-electron chi connectivity index (χ4n) is 3.46. The summed E-state index contributed by atoms with van der Waals surface area (Å²) in [5.74, 6) is 0.196. The molecule has 0 saturated carbocycles. The number of piperazine rings is 1. The molecule has 8 heteroatoms. The number of rotatable bonds is 6. The van der Waals surface area contributed by atoms with Gasteiger partial charge in [-0.3, -0.25) is 9.59 Å². The highest BCUT2D eigenvalue weighted by atomic mass is 35.5. The zero-order valence-electron chi connectivity index (χ0n) is 17.0. The number of aryl methyl sites for hydroxylation is 1. The van der Waals surface area contributed by atoms with Crippen LogP contribution in [0.2, 0.25) is 5.02 Å². The predicted octanol–water partition coefficient (Wildman–Crippen LogP) is 3.41. The molecule has 0 N–H and O–H groups in total. The minimum Gasteiger partial charge on any atom is -0.493 e. The second-order valence-corrected chi connectivity index (χ2v) is 7.37. The Morgan fingerprint density at radius 1 is 1.00 bits per heavy atom. The van der Waals surface area contributed by atoms with Gasteiger partial charge < -0.3 is 19.3 Å². The fraction of sp³-hybridized carbons (Fsp3) is 0.364. The van der Waals surface area contributed by atoms with Crippen molar-refractivity contribution in [3.8, 4) is 11.5 Å². The number of amides is 2. The van der Waals surface area contributed by atoms with E-state index in [1.54, 1.807) is 19.1 Å². The average Bonchev–Trinajstić information content (AvgIpc) is 2.77. The lowest BCUT2D eigenvalue weighted by atomic mass is 10.1. The molecular weight excluding hydrogens is 411 g/mol. The molecule has 1 heterocycles. The number of carbonyl (C=O) groups excluding carboxylic acids is 2.